The lowest BCUT2D eigenvalue weighted by atomic mass is 9.94. The third-order valence-corrected chi connectivity index (χ3v) is 6.24. The minimum atomic E-state index is -0.174. The molecule has 1 saturated heterocycles. The van der Waals surface area contributed by atoms with E-state index in [4.69, 9.17) is 0 Å². The first-order valence-electron chi connectivity index (χ1n) is 9.36. The summed E-state index contributed by atoms with van der Waals surface area (Å²) in [5.74, 6) is 0.690. The number of amides is 1. The van der Waals surface area contributed by atoms with Gasteiger partial charge in [0.2, 0.25) is 11.9 Å². The number of rotatable bonds is 5. The number of aromatic nitrogens is 2. The minimum Gasteiger partial charge on any atom is -0.351 e. The summed E-state index contributed by atoms with van der Waals surface area (Å²) in [6, 6.07) is 5.95. The third kappa shape index (κ3) is 3.82. The number of thiophene rings is 1. The normalized spacial score (nSPS) is 21.3. The van der Waals surface area contributed by atoms with Crippen LogP contribution in [0.1, 0.15) is 55.0 Å². The number of aromatic amines is 1. The Morgan fingerprint density at radius 2 is 2.12 bits per heavy atom. The van der Waals surface area contributed by atoms with E-state index in [2.05, 4.69) is 15.3 Å². The largest absolute Gasteiger partial charge is 0.351 e. The van der Waals surface area contributed by atoms with Gasteiger partial charge < -0.3 is 10.2 Å². The summed E-state index contributed by atoms with van der Waals surface area (Å²) in [4.78, 5) is 35.1. The summed E-state index contributed by atoms with van der Waals surface area (Å²) in [5, 5.41) is 5.20. The van der Waals surface area contributed by atoms with E-state index in [1.807, 2.05) is 22.4 Å². The molecule has 1 aliphatic carbocycles. The number of anilines is 1. The standard InChI is InChI=1S/C19H24N4O2S/c24-17-10-16(21-19(22-17)20-11-15-7-4-8-26-15)13-9-18(25)23(12-13)14-5-2-1-3-6-14/h4,7-8,10,13-14H,1-3,5-6,9,11-12H2,(H2,20,21,22,24)/t13-/m1/s1. The number of carbonyl (C=O) groups excluding carboxylic acids is 1. The lowest BCUT2D eigenvalue weighted by Crippen LogP contribution is -2.37. The average Bonchev–Trinajstić information content (AvgIpc) is 3.30. The van der Waals surface area contributed by atoms with Gasteiger partial charge in [0, 0.05) is 35.9 Å². The van der Waals surface area contributed by atoms with Gasteiger partial charge in [0.05, 0.1) is 12.2 Å². The Balaban J connectivity index is 1.47. The second-order valence-corrected chi connectivity index (χ2v) is 8.22. The van der Waals surface area contributed by atoms with Crippen LogP contribution < -0.4 is 10.9 Å². The van der Waals surface area contributed by atoms with Gasteiger partial charge in [0.1, 0.15) is 0 Å². The topological polar surface area (TPSA) is 78.1 Å². The van der Waals surface area contributed by atoms with Gasteiger partial charge in [-0.3, -0.25) is 14.6 Å². The van der Waals surface area contributed by atoms with E-state index in [0.29, 0.717) is 37.2 Å². The molecule has 0 bridgehead atoms. The fraction of sp³-hybridized carbons (Fsp3) is 0.526. The quantitative estimate of drug-likeness (QED) is 0.845. The molecular weight excluding hydrogens is 348 g/mol. The van der Waals surface area contributed by atoms with Crippen LogP contribution in [-0.4, -0.2) is 33.4 Å². The van der Waals surface area contributed by atoms with Crippen molar-refractivity contribution in [1.29, 1.82) is 0 Å². The Bertz CT molecular complexity index is 811. The monoisotopic (exact) mass is 372 g/mol. The average molecular weight is 372 g/mol. The maximum Gasteiger partial charge on any atom is 0.252 e. The van der Waals surface area contributed by atoms with E-state index in [9.17, 15) is 9.59 Å². The van der Waals surface area contributed by atoms with Gasteiger partial charge in [-0.05, 0) is 24.3 Å². The SMILES string of the molecule is O=C1C[C@@H](c2cc(=O)[nH]c(NCc3cccs3)n2)CN1C1CCCCC1. The fourth-order valence-electron chi connectivity index (χ4n) is 4.03. The van der Waals surface area contributed by atoms with Crippen molar-refractivity contribution >= 4 is 23.2 Å². The van der Waals surface area contributed by atoms with Crippen LogP contribution in [0.25, 0.3) is 0 Å². The molecule has 0 spiro atoms. The lowest BCUT2D eigenvalue weighted by molar-refractivity contribution is -0.130. The zero-order chi connectivity index (χ0) is 17.9. The predicted octanol–water partition coefficient (Wildman–Crippen LogP) is 3.09. The maximum atomic E-state index is 12.5. The Kier molecular flexibility index (Phi) is 5.06. The van der Waals surface area contributed by atoms with Crippen LogP contribution in [0.15, 0.2) is 28.4 Å². The molecule has 7 heteroatoms. The summed E-state index contributed by atoms with van der Waals surface area (Å²) in [6.07, 6.45) is 6.36. The smallest absolute Gasteiger partial charge is 0.252 e. The molecule has 2 aliphatic rings. The summed E-state index contributed by atoms with van der Waals surface area (Å²) in [7, 11) is 0. The van der Waals surface area contributed by atoms with Crippen LogP contribution in [0.2, 0.25) is 0 Å². The molecule has 0 aromatic carbocycles. The van der Waals surface area contributed by atoms with E-state index in [-0.39, 0.29) is 17.4 Å². The van der Waals surface area contributed by atoms with Crippen molar-refractivity contribution in [1.82, 2.24) is 14.9 Å². The molecular formula is C19H24N4O2S. The molecule has 1 aliphatic heterocycles. The van der Waals surface area contributed by atoms with Crippen LogP contribution in [0, 0.1) is 0 Å². The van der Waals surface area contributed by atoms with Gasteiger partial charge >= 0.3 is 0 Å². The summed E-state index contributed by atoms with van der Waals surface area (Å²) in [5.41, 5.74) is 0.543. The number of nitrogens with zero attached hydrogens (tertiary/aromatic N) is 2. The van der Waals surface area contributed by atoms with Crippen molar-refractivity contribution in [2.75, 3.05) is 11.9 Å². The van der Waals surface area contributed by atoms with Crippen LogP contribution >= 0.6 is 11.3 Å². The Morgan fingerprint density at radius 1 is 1.27 bits per heavy atom. The molecule has 1 saturated carbocycles. The molecule has 138 valence electrons. The Morgan fingerprint density at radius 3 is 2.88 bits per heavy atom. The first-order chi connectivity index (χ1) is 12.7. The molecule has 4 rings (SSSR count). The first-order valence-corrected chi connectivity index (χ1v) is 10.2. The van der Waals surface area contributed by atoms with Crippen LogP contribution in [0.4, 0.5) is 5.95 Å². The van der Waals surface area contributed by atoms with E-state index >= 15 is 0 Å². The molecule has 3 heterocycles. The van der Waals surface area contributed by atoms with Gasteiger partial charge in [0.25, 0.3) is 5.56 Å². The number of hydrogen-bond donors (Lipinski definition) is 2. The minimum absolute atomic E-state index is 0.00835. The molecule has 0 radical (unpaired) electrons. The summed E-state index contributed by atoms with van der Waals surface area (Å²) < 4.78 is 0. The zero-order valence-corrected chi connectivity index (χ0v) is 15.6. The first kappa shape index (κ1) is 17.3. The number of carbonyl (C=O) groups is 1. The number of hydrogen-bond acceptors (Lipinski definition) is 5. The van der Waals surface area contributed by atoms with Crippen molar-refractivity contribution in [2.24, 2.45) is 0 Å². The second kappa shape index (κ2) is 7.61. The summed E-state index contributed by atoms with van der Waals surface area (Å²) >= 11 is 1.66. The fourth-order valence-corrected chi connectivity index (χ4v) is 4.67. The van der Waals surface area contributed by atoms with Gasteiger partial charge in [-0.2, -0.15) is 0 Å². The highest BCUT2D eigenvalue weighted by atomic mass is 32.1. The van der Waals surface area contributed by atoms with Crippen LogP contribution in [-0.2, 0) is 11.3 Å². The predicted molar refractivity (Wildman–Crippen MR) is 102 cm³/mol. The van der Waals surface area contributed by atoms with Gasteiger partial charge in [0.15, 0.2) is 0 Å². The van der Waals surface area contributed by atoms with E-state index in [1.165, 1.54) is 24.1 Å². The van der Waals surface area contributed by atoms with Crippen LogP contribution in [0.3, 0.4) is 0 Å². The highest BCUT2D eigenvalue weighted by Gasteiger charge is 2.36. The molecule has 26 heavy (non-hydrogen) atoms. The van der Waals surface area contributed by atoms with Crippen molar-refractivity contribution in [3.8, 4) is 0 Å². The summed E-state index contributed by atoms with van der Waals surface area (Å²) in [6.45, 7) is 1.31. The molecule has 2 fully saturated rings. The highest BCUT2D eigenvalue weighted by molar-refractivity contribution is 7.09. The number of likely N-dealkylation sites (tertiary alicyclic amines) is 1. The maximum absolute atomic E-state index is 12.5. The number of H-pyrrole nitrogens is 1. The van der Waals surface area contributed by atoms with E-state index in [0.717, 1.165) is 12.8 Å². The Labute approximate surface area is 156 Å². The highest BCUT2D eigenvalue weighted by Crippen LogP contribution is 2.32. The molecule has 1 amide bonds. The van der Waals surface area contributed by atoms with Crippen molar-refractivity contribution in [2.45, 2.75) is 57.0 Å². The van der Waals surface area contributed by atoms with Crippen molar-refractivity contribution in [3.63, 3.8) is 0 Å². The van der Waals surface area contributed by atoms with E-state index < -0.39 is 0 Å². The Hall–Kier alpha value is -2.15. The zero-order valence-electron chi connectivity index (χ0n) is 14.7. The lowest BCUT2D eigenvalue weighted by Gasteiger charge is -2.31. The third-order valence-electron chi connectivity index (χ3n) is 5.36. The van der Waals surface area contributed by atoms with Gasteiger partial charge in [-0.1, -0.05) is 25.3 Å². The van der Waals surface area contributed by atoms with Gasteiger partial charge in [-0.25, -0.2) is 4.98 Å². The molecule has 0 unspecified atom stereocenters. The molecule has 1 atom stereocenters. The van der Waals surface area contributed by atoms with Crippen LogP contribution in [0.5, 0.6) is 0 Å². The molecule has 2 N–H and O–H groups in total. The molecule has 2 aromatic heterocycles. The molecule has 6 nitrogen and oxygen atoms in total. The molecule has 2 aromatic rings. The van der Waals surface area contributed by atoms with Crippen molar-refractivity contribution < 1.29 is 4.79 Å². The van der Waals surface area contributed by atoms with Gasteiger partial charge in [-0.15, -0.1) is 11.3 Å². The van der Waals surface area contributed by atoms with E-state index in [1.54, 1.807) is 17.4 Å². The second-order valence-electron chi connectivity index (χ2n) is 7.19. The number of nitrogens with one attached hydrogen (secondary N) is 2. The van der Waals surface area contributed by atoms with Crippen molar-refractivity contribution in [3.05, 3.63) is 44.5 Å².